The highest BCUT2D eigenvalue weighted by Gasteiger charge is 2.10. The van der Waals surface area contributed by atoms with Crippen LogP contribution in [0.4, 0.5) is 0 Å². The van der Waals surface area contributed by atoms with E-state index in [4.69, 9.17) is 21.4 Å². The number of aryl methyl sites for hydroxylation is 1. The number of hydrogen-bond donors (Lipinski definition) is 1. The molecule has 1 aromatic carbocycles. The predicted molar refractivity (Wildman–Crippen MR) is 78.2 cm³/mol. The maximum Gasteiger partial charge on any atom is 0.280 e. The second kappa shape index (κ2) is 6.89. The monoisotopic (exact) mass is 297 g/mol. The lowest BCUT2D eigenvalue weighted by molar-refractivity contribution is 0.285. The molecule has 1 N–H and O–H groups in total. The van der Waals surface area contributed by atoms with Crippen LogP contribution in [0, 0.1) is 0 Å². The van der Waals surface area contributed by atoms with Crippen LogP contribution in [-0.2, 0) is 13.0 Å². The van der Waals surface area contributed by atoms with E-state index in [1.54, 1.807) is 0 Å². The Labute approximate surface area is 121 Å². The van der Waals surface area contributed by atoms with E-state index < -0.39 is 0 Å². The number of nitrogens with zero attached hydrogens (tertiary/aromatic N) is 1. The smallest absolute Gasteiger partial charge is 0.280 e. The van der Waals surface area contributed by atoms with Crippen LogP contribution >= 0.6 is 22.9 Å². The Morgan fingerprint density at radius 1 is 1.32 bits per heavy atom. The van der Waals surface area contributed by atoms with Crippen molar-refractivity contribution in [2.45, 2.75) is 32.8 Å². The van der Waals surface area contributed by atoms with Gasteiger partial charge in [-0.3, -0.25) is 0 Å². The van der Waals surface area contributed by atoms with Crippen LogP contribution in [0.3, 0.4) is 0 Å². The highest BCUT2D eigenvalue weighted by atomic mass is 35.5. The summed E-state index contributed by atoms with van der Waals surface area (Å²) in [6, 6.07) is 7.98. The van der Waals surface area contributed by atoms with Crippen molar-refractivity contribution >= 4 is 22.9 Å². The summed E-state index contributed by atoms with van der Waals surface area (Å²) in [6.07, 6.45) is 3.48. The fourth-order valence-corrected chi connectivity index (χ4v) is 2.64. The molecule has 102 valence electrons. The van der Waals surface area contributed by atoms with Gasteiger partial charge in [-0.25, -0.2) is 0 Å². The van der Waals surface area contributed by atoms with Gasteiger partial charge in [-0.2, -0.15) is 4.98 Å². The first-order valence-corrected chi connectivity index (χ1v) is 7.45. The Hall–Kier alpha value is -1.10. The maximum atomic E-state index is 9.05. The fraction of sp³-hybridized carbons (Fsp3) is 0.357. The topological polar surface area (TPSA) is 42.4 Å². The van der Waals surface area contributed by atoms with Gasteiger partial charge in [-0.1, -0.05) is 48.4 Å². The molecule has 19 heavy (non-hydrogen) atoms. The fourth-order valence-electron chi connectivity index (χ4n) is 1.66. The van der Waals surface area contributed by atoms with Crippen LogP contribution in [0.15, 0.2) is 24.3 Å². The second-order valence-corrected chi connectivity index (χ2v) is 5.61. The van der Waals surface area contributed by atoms with E-state index >= 15 is 0 Å². The van der Waals surface area contributed by atoms with Crippen molar-refractivity contribution in [1.29, 1.82) is 0 Å². The molecule has 0 bridgehead atoms. The van der Waals surface area contributed by atoms with E-state index in [9.17, 15) is 0 Å². The molecule has 1 aromatic heterocycles. The Morgan fingerprint density at radius 2 is 2.05 bits per heavy atom. The first kappa shape index (κ1) is 14.3. The first-order valence-electron chi connectivity index (χ1n) is 6.25. The standard InChI is InChI=1S/C14H16ClNO2S/c1-2-3-4-10-5-7-11(8-6-10)18-14-16-13(15)12(9-17)19-14/h5-8,17H,2-4,9H2,1H3. The highest BCUT2D eigenvalue weighted by Crippen LogP contribution is 2.32. The van der Waals surface area contributed by atoms with Crippen molar-refractivity contribution in [3.63, 3.8) is 0 Å². The summed E-state index contributed by atoms with van der Waals surface area (Å²) < 4.78 is 5.61. The van der Waals surface area contributed by atoms with E-state index in [0.29, 0.717) is 15.2 Å². The molecule has 3 nitrogen and oxygen atoms in total. The molecular formula is C14H16ClNO2S. The van der Waals surface area contributed by atoms with Crippen LogP contribution in [0.5, 0.6) is 10.9 Å². The molecule has 0 aliphatic rings. The number of thiazole rings is 1. The lowest BCUT2D eigenvalue weighted by atomic mass is 10.1. The van der Waals surface area contributed by atoms with Gasteiger partial charge < -0.3 is 9.84 Å². The molecule has 2 aromatic rings. The second-order valence-electron chi connectivity index (χ2n) is 4.20. The van der Waals surface area contributed by atoms with Crippen molar-refractivity contribution in [1.82, 2.24) is 4.98 Å². The van der Waals surface area contributed by atoms with Crippen molar-refractivity contribution in [2.24, 2.45) is 0 Å². The Bertz CT molecular complexity index is 525. The number of aliphatic hydroxyl groups excluding tert-OH is 1. The normalized spacial score (nSPS) is 10.7. The third-order valence-electron chi connectivity index (χ3n) is 2.72. The van der Waals surface area contributed by atoms with E-state index in [1.807, 2.05) is 12.1 Å². The van der Waals surface area contributed by atoms with Crippen LogP contribution in [-0.4, -0.2) is 10.1 Å². The zero-order valence-electron chi connectivity index (χ0n) is 10.7. The van der Waals surface area contributed by atoms with E-state index in [0.717, 1.165) is 12.2 Å². The van der Waals surface area contributed by atoms with Crippen molar-refractivity contribution in [2.75, 3.05) is 0 Å². The first-order chi connectivity index (χ1) is 9.22. The van der Waals surface area contributed by atoms with Gasteiger partial charge in [0.1, 0.15) is 10.9 Å². The lowest BCUT2D eigenvalue weighted by Gasteiger charge is -2.03. The minimum absolute atomic E-state index is 0.115. The van der Waals surface area contributed by atoms with Crippen LogP contribution in [0.25, 0.3) is 0 Å². The number of rotatable bonds is 6. The number of aromatic nitrogens is 1. The molecule has 0 radical (unpaired) electrons. The van der Waals surface area contributed by atoms with E-state index in [1.165, 1.54) is 29.7 Å². The van der Waals surface area contributed by atoms with Crippen molar-refractivity contribution < 1.29 is 9.84 Å². The van der Waals surface area contributed by atoms with Crippen LogP contribution < -0.4 is 4.74 Å². The number of halogens is 1. The summed E-state index contributed by atoms with van der Waals surface area (Å²) in [5.74, 6) is 0.732. The summed E-state index contributed by atoms with van der Waals surface area (Å²) in [4.78, 5) is 4.67. The molecule has 2 rings (SSSR count). The van der Waals surface area contributed by atoms with Crippen LogP contribution in [0.1, 0.15) is 30.2 Å². The number of benzene rings is 1. The summed E-state index contributed by atoms with van der Waals surface area (Å²) in [7, 11) is 0. The summed E-state index contributed by atoms with van der Waals surface area (Å²) in [5.41, 5.74) is 1.31. The highest BCUT2D eigenvalue weighted by molar-refractivity contribution is 7.13. The average molecular weight is 298 g/mol. The SMILES string of the molecule is CCCCc1ccc(Oc2nc(Cl)c(CO)s2)cc1. The summed E-state index contributed by atoms with van der Waals surface area (Å²) in [6.45, 7) is 2.07. The van der Waals surface area contributed by atoms with Gasteiger partial charge >= 0.3 is 0 Å². The molecular weight excluding hydrogens is 282 g/mol. The third kappa shape index (κ3) is 3.93. The molecule has 0 fully saturated rings. The largest absolute Gasteiger partial charge is 0.431 e. The molecule has 1 heterocycles. The molecule has 0 saturated carbocycles. The average Bonchev–Trinajstić information content (AvgIpc) is 2.78. The van der Waals surface area contributed by atoms with Gasteiger partial charge in [0.25, 0.3) is 5.19 Å². The molecule has 5 heteroatoms. The van der Waals surface area contributed by atoms with Gasteiger partial charge in [-0.15, -0.1) is 0 Å². The molecule has 0 spiro atoms. The third-order valence-corrected chi connectivity index (χ3v) is 4.06. The summed E-state index contributed by atoms with van der Waals surface area (Å²) >= 11 is 7.11. The predicted octanol–water partition coefficient (Wildman–Crippen LogP) is 4.42. The van der Waals surface area contributed by atoms with Crippen LogP contribution in [0.2, 0.25) is 5.15 Å². The zero-order chi connectivity index (χ0) is 13.7. The van der Waals surface area contributed by atoms with Crippen molar-refractivity contribution in [3.05, 3.63) is 39.9 Å². The molecule has 0 unspecified atom stereocenters. The molecule has 0 aliphatic carbocycles. The quantitative estimate of drug-likeness (QED) is 0.858. The minimum atomic E-state index is -0.115. The van der Waals surface area contributed by atoms with Gasteiger partial charge in [0.15, 0.2) is 0 Å². The van der Waals surface area contributed by atoms with Crippen molar-refractivity contribution in [3.8, 4) is 10.9 Å². The Morgan fingerprint density at radius 3 is 2.63 bits per heavy atom. The molecule has 0 aliphatic heterocycles. The van der Waals surface area contributed by atoms with Gasteiger partial charge in [0.05, 0.1) is 11.5 Å². The Kier molecular flexibility index (Phi) is 5.19. The zero-order valence-corrected chi connectivity index (χ0v) is 12.3. The minimum Gasteiger partial charge on any atom is -0.431 e. The molecule has 0 amide bonds. The number of hydrogen-bond acceptors (Lipinski definition) is 4. The van der Waals surface area contributed by atoms with Gasteiger partial charge in [0, 0.05) is 0 Å². The lowest BCUT2D eigenvalue weighted by Crippen LogP contribution is -1.86. The summed E-state index contributed by atoms with van der Waals surface area (Å²) in [5, 5.41) is 9.81. The molecule has 0 atom stereocenters. The number of unbranched alkanes of at least 4 members (excludes halogenated alkanes) is 1. The number of aliphatic hydroxyl groups is 1. The van der Waals surface area contributed by atoms with E-state index in [2.05, 4.69) is 24.0 Å². The molecule has 0 saturated heterocycles. The van der Waals surface area contributed by atoms with Gasteiger partial charge in [0.2, 0.25) is 0 Å². The Balaban J connectivity index is 2.02. The number of ether oxygens (including phenoxy) is 1. The maximum absolute atomic E-state index is 9.05. The van der Waals surface area contributed by atoms with Gasteiger partial charge in [-0.05, 0) is 30.5 Å². The van der Waals surface area contributed by atoms with E-state index in [-0.39, 0.29) is 6.61 Å².